The van der Waals surface area contributed by atoms with Crippen molar-refractivity contribution in [2.75, 3.05) is 0 Å². The molecule has 0 spiro atoms. The van der Waals surface area contributed by atoms with Crippen LogP contribution < -0.4 is 5.73 Å². The van der Waals surface area contributed by atoms with Gasteiger partial charge in [0.1, 0.15) is 0 Å². The molecule has 1 nitrogen and oxygen atoms in total. The number of hydrogen-bond acceptors (Lipinski definition) is 1. The summed E-state index contributed by atoms with van der Waals surface area (Å²) < 4.78 is 25.8. The van der Waals surface area contributed by atoms with Crippen LogP contribution in [0.5, 0.6) is 0 Å². The van der Waals surface area contributed by atoms with Crippen LogP contribution in [0.2, 0.25) is 0 Å². The number of rotatable bonds is 6. The topological polar surface area (TPSA) is 26.0 Å². The lowest BCUT2D eigenvalue weighted by Gasteiger charge is -2.19. The van der Waals surface area contributed by atoms with Gasteiger partial charge in [0.15, 0.2) is 11.6 Å². The van der Waals surface area contributed by atoms with Crippen LogP contribution in [0.25, 0.3) is 0 Å². The first-order chi connectivity index (χ1) is 8.04. The average Bonchev–Trinajstić information content (AvgIpc) is 2.30. The molecule has 2 N–H and O–H groups in total. The Bertz CT molecular complexity index is 352. The molecule has 1 aromatic rings. The minimum absolute atomic E-state index is 0.00594. The predicted octanol–water partition coefficient (Wildman–Crippen LogP) is 3.66. The van der Waals surface area contributed by atoms with E-state index in [1.54, 1.807) is 6.07 Å². The second-order valence-corrected chi connectivity index (χ2v) is 4.74. The lowest BCUT2D eigenvalue weighted by Crippen LogP contribution is -2.30. The Kier molecular flexibility index (Phi) is 5.56. The van der Waals surface area contributed by atoms with Crippen LogP contribution in [0.3, 0.4) is 0 Å². The summed E-state index contributed by atoms with van der Waals surface area (Å²) in [7, 11) is 0. The van der Waals surface area contributed by atoms with E-state index in [0.717, 1.165) is 30.9 Å². The van der Waals surface area contributed by atoms with Crippen LogP contribution in [0, 0.1) is 17.6 Å². The highest BCUT2D eigenvalue weighted by Gasteiger charge is 2.13. The molecule has 1 rings (SSSR count). The third-order valence-electron chi connectivity index (χ3n) is 3.20. The molecule has 0 amide bonds. The van der Waals surface area contributed by atoms with Crippen LogP contribution in [-0.2, 0) is 6.42 Å². The molecule has 17 heavy (non-hydrogen) atoms. The molecule has 2 unspecified atom stereocenters. The Morgan fingerprint density at radius 2 is 1.94 bits per heavy atom. The fourth-order valence-electron chi connectivity index (χ4n) is 1.88. The maximum absolute atomic E-state index is 13.0. The van der Waals surface area contributed by atoms with Gasteiger partial charge in [-0.15, -0.1) is 0 Å². The summed E-state index contributed by atoms with van der Waals surface area (Å²) in [5.74, 6) is -1.19. The fraction of sp³-hybridized carbons (Fsp3) is 0.571. The Morgan fingerprint density at radius 1 is 1.24 bits per heavy atom. The molecular weight excluding hydrogens is 220 g/mol. The molecule has 0 heterocycles. The maximum atomic E-state index is 13.0. The zero-order chi connectivity index (χ0) is 12.8. The van der Waals surface area contributed by atoms with Crippen molar-refractivity contribution in [3.8, 4) is 0 Å². The summed E-state index contributed by atoms with van der Waals surface area (Å²) in [6.45, 7) is 4.26. The third kappa shape index (κ3) is 4.43. The highest BCUT2D eigenvalue weighted by Crippen LogP contribution is 2.16. The van der Waals surface area contributed by atoms with Crippen molar-refractivity contribution in [3.05, 3.63) is 35.4 Å². The third-order valence-corrected chi connectivity index (χ3v) is 3.20. The van der Waals surface area contributed by atoms with Gasteiger partial charge in [0.05, 0.1) is 0 Å². The highest BCUT2D eigenvalue weighted by molar-refractivity contribution is 5.18. The van der Waals surface area contributed by atoms with Crippen LogP contribution in [0.1, 0.15) is 38.7 Å². The molecule has 0 aliphatic rings. The lowest BCUT2D eigenvalue weighted by molar-refractivity contribution is 0.409. The fourth-order valence-corrected chi connectivity index (χ4v) is 1.88. The van der Waals surface area contributed by atoms with E-state index in [2.05, 4.69) is 13.8 Å². The molecular formula is C14H21F2N. The van der Waals surface area contributed by atoms with Crippen molar-refractivity contribution < 1.29 is 8.78 Å². The molecule has 0 bridgehead atoms. The SMILES string of the molecule is CCCCC(C)C(N)Cc1ccc(F)c(F)c1. The Hall–Kier alpha value is -0.960. The molecule has 0 radical (unpaired) electrons. The molecule has 3 heteroatoms. The van der Waals surface area contributed by atoms with E-state index in [0.29, 0.717) is 12.3 Å². The minimum atomic E-state index is -0.804. The van der Waals surface area contributed by atoms with E-state index in [9.17, 15) is 8.78 Å². The summed E-state index contributed by atoms with van der Waals surface area (Å²) in [4.78, 5) is 0. The van der Waals surface area contributed by atoms with Gasteiger partial charge in [-0.05, 0) is 36.5 Å². The van der Waals surface area contributed by atoms with Crippen molar-refractivity contribution in [1.29, 1.82) is 0 Å². The highest BCUT2D eigenvalue weighted by atomic mass is 19.2. The molecule has 0 fully saturated rings. The molecule has 1 aromatic carbocycles. The zero-order valence-electron chi connectivity index (χ0n) is 10.5. The van der Waals surface area contributed by atoms with Gasteiger partial charge in [-0.25, -0.2) is 8.78 Å². The van der Waals surface area contributed by atoms with Crippen LogP contribution >= 0.6 is 0 Å². The first-order valence-corrected chi connectivity index (χ1v) is 6.24. The molecule has 0 aliphatic heterocycles. The summed E-state index contributed by atoms with van der Waals surface area (Å²) in [6.07, 6.45) is 4.00. The van der Waals surface area contributed by atoms with Crippen molar-refractivity contribution in [1.82, 2.24) is 0 Å². The summed E-state index contributed by atoms with van der Waals surface area (Å²) in [5.41, 5.74) is 6.83. The van der Waals surface area contributed by atoms with Gasteiger partial charge in [-0.2, -0.15) is 0 Å². The average molecular weight is 241 g/mol. The van der Waals surface area contributed by atoms with Crippen molar-refractivity contribution in [2.45, 2.75) is 45.6 Å². The van der Waals surface area contributed by atoms with Gasteiger partial charge in [-0.3, -0.25) is 0 Å². The smallest absolute Gasteiger partial charge is 0.159 e. The maximum Gasteiger partial charge on any atom is 0.159 e. The van der Waals surface area contributed by atoms with Gasteiger partial charge >= 0.3 is 0 Å². The van der Waals surface area contributed by atoms with Gasteiger partial charge in [0.2, 0.25) is 0 Å². The first-order valence-electron chi connectivity index (χ1n) is 6.24. The lowest BCUT2D eigenvalue weighted by atomic mass is 9.91. The van der Waals surface area contributed by atoms with E-state index < -0.39 is 11.6 Å². The minimum Gasteiger partial charge on any atom is -0.327 e. The van der Waals surface area contributed by atoms with Gasteiger partial charge in [0, 0.05) is 6.04 Å². The normalized spacial score (nSPS) is 14.6. The molecule has 0 aliphatic carbocycles. The van der Waals surface area contributed by atoms with E-state index in [-0.39, 0.29) is 6.04 Å². The van der Waals surface area contributed by atoms with Crippen molar-refractivity contribution >= 4 is 0 Å². The number of nitrogens with two attached hydrogens (primary N) is 1. The van der Waals surface area contributed by atoms with E-state index >= 15 is 0 Å². The zero-order valence-corrected chi connectivity index (χ0v) is 10.5. The van der Waals surface area contributed by atoms with E-state index in [4.69, 9.17) is 5.73 Å². The summed E-state index contributed by atoms with van der Waals surface area (Å²) >= 11 is 0. The monoisotopic (exact) mass is 241 g/mol. The Morgan fingerprint density at radius 3 is 2.53 bits per heavy atom. The standard InChI is InChI=1S/C14H21F2N/c1-3-4-5-10(2)14(17)9-11-6-7-12(15)13(16)8-11/h6-8,10,14H,3-5,9,17H2,1-2H3. The second kappa shape index (κ2) is 6.70. The second-order valence-electron chi connectivity index (χ2n) is 4.74. The largest absolute Gasteiger partial charge is 0.327 e. The first kappa shape index (κ1) is 14.1. The number of halogens is 2. The van der Waals surface area contributed by atoms with Crippen LogP contribution in [0.4, 0.5) is 8.78 Å². The van der Waals surface area contributed by atoms with Crippen LogP contribution in [-0.4, -0.2) is 6.04 Å². The van der Waals surface area contributed by atoms with Crippen molar-refractivity contribution in [2.24, 2.45) is 11.7 Å². The number of benzene rings is 1. The van der Waals surface area contributed by atoms with Gasteiger partial charge in [0.25, 0.3) is 0 Å². The summed E-state index contributed by atoms with van der Waals surface area (Å²) in [5, 5.41) is 0. The van der Waals surface area contributed by atoms with Gasteiger partial charge in [-0.1, -0.05) is 32.8 Å². The van der Waals surface area contributed by atoms with E-state index in [1.807, 2.05) is 0 Å². The molecule has 2 atom stereocenters. The van der Waals surface area contributed by atoms with Gasteiger partial charge < -0.3 is 5.73 Å². The molecule has 0 saturated carbocycles. The van der Waals surface area contributed by atoms with Crippen LogP contribution in [0.15, 0.2) is 18.2 Å². The quantitative estimate of drug-likeness (QED) is 0.808. The molecule has 96 valence electrons. The number of unbranched alkanes of at least 4 members (excludes halogenated alkanes) is 1. The predicted molar refractivity (Wildman–Crippen MR) is 66.7 cm³/mol. The number of hydrogen-bond donors (Lipinski definition) is 1. The molecule has 0 saturated heterocycles. The summed E-state index contributed by atoms with van der Waals surface area (Å²) in [6, 6.07) is 4.01. The van der Waals surface area contributed by atoms with E-state index in [1.165, 1.54) is 6.07 Å². The van der Waals surface area contributed by atoms with Crippen molar-refractivity contribution in [3.63, 3.8) is 0 Å². The molecule has 0 aromatic heterocycles. The Labute approximate surface area is 102 Å². The Balaban J connectivity index is 2.55.